The number of nitrogens with zero attached hydrogens (tertiary/aromatic N) is 2. The smallest absolute Gasteiger partial charge is 0.141 e. The van der Waals surface area contributed by atoms with Gasteiger partial charge in [0.25, 0.3) is 0 Å². The first-order valence-corrected chi connectivity index (χ1v) is 8.80. The van der Waals surface area contributed by atoms with E-state index in [9.17, 15) is 4.39 Å². The largest absolute Gasteiger partial charge is 0.299 e. The highest BCUT2D eigenvalue weighted by Crippen LogP contribution is 2.46. The molecule has 1 saturated heterocycles. The van der Waals surface area contributed by atoms with Crippen LogP contribution in [0.2, 0.25) is 0 Å². The van der Waals surface area contributed by atoms with E-state index in [0.29, 0.717) is 5.92 Å². The van der Waals surface area contributed by atoms with Gasteiger partial charge in [-0.15, -0.1) is 0 Å². The molecule has 2 aromatic carbocycles. The van der Waals surface area contributed by atoms with Gasteiger partial charge in [-0.3, -0.25) is 4.90 Å². The van der Waals surface area contributed by atoms with Crippen LogP contribution in [0.15, 0.2) is 36.4 Å². The molecule has 0 spiro atoms. The fourth-order valence-corrected chi connectivity index (χ4v) is 3.81. The van der Waals surface area contributed by atoms with Crippen LogP contribution in [0.25, 0.3) is 11.1 Å². The van der Waals surface area contributed by atoms with Gasteiger partial charge in [0.15, 0.2) is 0 Å². The van der Waals surface area contributed by atoms with Crippen molar-refractivity contribution in [2.24, 2.45) is 0 Å². The van der Waals surface area contributed by atoms with Gasteiger partial charge in [-0.1, -0.05) is 24.3 Å². The molecular formula is C21H21FN2. The average molecular weight is 320 g/mol. The molecule has 0 amide bonds. The van der Waals surface area contributed by atoms with Crippen molar-refractivity contribution in [3.63, 3.8) is 0 Å². The van der Waals surface area contributed by atoms with Crippen molar-refractivity contribution >= 4 is 0 Å². The van der Waals surface area contributed by atoms with Crippen molar-refractivity contribution in [2.75, 3.05) is 13.1 Å². The summed E-state index contributed by atoms with van der Waals surface area (Å²) in [4.78, 5) is 2.52. The minimum atomic E-state index is -0.429. The molecule has 2 nitrogen and oxygen atoms in total. The van der Waals surface area contributed by atoms with Gasteiger partial charge in [-0.05, 0) is 79.1 Å². The van der Waals surface area contributed by atoms with Crippen LogP contribution in [0.3, 0.4) is 0 Å². The number of likely N-dealkylation sites (tertiary alicyclic amines) is 1. The van der Waals surface area contributed by atoms with Crippen LogP contribution in [-0.2, 0) is 6.54 Å². The molecule has 0 atom stereocenters. The summed E-state index contributed by atoms with van der Waals surface area (Å²) in [6.07, 6.45) is 5.03. The maximum absolute atomic E-state index is 14.1. The maximum Gasteiger partial charge on any atom is 0.141 e. The number of hydrogen-bond donors (Lipinski definition) is 0. The Morgan fingerprint density at radius 1 is 1.12 bits per heavy atom. The van der Waals surface area contributed by atoms with E-state index >= 15 is 0 Å². The summed E-state index contributed by atoms with van der Waals surface area (Å²) in [6, 6.07) is 13.3. The SMILES string of the molecule is N#Cc1ccc(-c2cccc(CN3CCCC3)c2C2CC2)cc1F. The number of nitriles is 1. The predicted octanol–water partition coefficient (Wildman–Crippen LogP) is 4.84. The van der Waals surface area contributed by atoms with Crippen molar-refractivity contribution in [3.05, 3.63) is 58.9 Å². The Morgan fingerprint density at radius 2 is 1.92 bits per heavy atom. The first kappa shape index (κ1) is 15.4. The second-order valence-electron chi connectivity index (χ2n) is 6.94. The van der Waals surface area contributed by atoms with Crippen LogP contribution < -0.4 is 0 Å². The van der Waals surface area contributed by atoms with Gasteiger partial charge in [-0.25, -0.2) is 4.39 Å². The van der Waals surface area contributed by atoms with E-state index < -0.39 is 5.82 Å². The average Bonchev–Trinajstić information content (AvgIpc) is 3.31. The van der Waals surface area contributed by atoms with E-state index in [-0.39, 0.29) is 5.56 Å². The van der Waals surface area contributed by atoms with E-state index in [0.717, 1.165) is 17.7 Å². The van der Waals surface area contributed by atoms with Crippen LogP contribution in [0.4, 0.5) is 4.39 Å². The lowest BCUT2D eigenvalue weighted by atomic mass is 9.91. The van der Waals surface area contributed by atoms with Crippen molar-refractivity contribution < 1.29 is 4.39 Å². The monoisotopic (exact) mass is 320 g/mol. The Balaban J connectivity index is 1.75. The van der Waals surface area contributed by atoms with Gasteiger partial charge in [0.05, 0.1) is 5.56 Å². The second-order valence-corrected chi connectivity index (χ2v) is 6.94. The Kier molecular flexibility index (Phi) is 4.08. The van der Waals surface area contributed by atoms with Crippen molar-refractivity contribution in [2.45, 2.75) is 38.1 Å². The van der Waals surface area contributed by atoms with Gasteiger partial charge in [0.1, 0.15) is 11.9 Å². The summed E-state index contributed by atoms with van der Waals surface area (Å²) in [6.45, 7) is 3.36. The standard InChI is InChI=1S/C21H21FN2/c22-20-12-16(8-9-17(20)13-23)19-5-3-4-18(21(19)15-6-7-15)14-24-10-1-2-11-24/h3-5,8-9,12,15H,1-2,6-7,10-11,14H2. The predicted molar refractivity (Wildman–Crippen MR) is 93.0 cm³/mol. The molecule has 0 aromatic heterocycles. The third kappa shape index (κ3) is 2.95. The number of rotatable bonds is 4. The lowest BCUT2D eigenvalue weighted by Crippen LogP contribution is -2.19. The molecule has 2 aliphatic rings. The van der Waals surface area contributed by atoms with Crippen LogP contribution in [0.5, 0.6) is 0 Å². The van der Waals surface area contributed by atoms with Crippen LogP contribution in [-0.4, -0.2) is 18.0 Å². The van der Waals surface area contributed by atoms with E-state index in [1.807, 2.05) is 12.1 Å². The summed E-state index contributed by atoms with van der Waals surface area (Å²) in [5, 5.41) is 8.94. The molecule has 1 aliphatic carbocycles. The molecule has 2 aromatic rings. The number of hydrogen-bond acceptors (Lipinski definition) is 2. The molecule has 0 radical (unpaired) electrons. The summed E-state index contributed by atoms with van der Waals surface area (Å²) >= 11 is 0. The van der Waals surface area contributed by atoms with Crippen LogP contribution in [0, 0.1) is 17.1 Å². The number of halogens is 1. The minimum absolute atomic E-state index is 0.111. The number of benzene rings is 2. The zero-order valence-corrected chi connectivity index (χ0v) is 13.8. The van der Waals surface area contributed by atoms with Crippen molar-refractivity contribution in [3.8, 4) is 17.2 Å². The molecule has 1 aliphatic heterocycles. The first-order chi connectivity index (χ1) is 11.8. The van der Waals surface area contributed by atoms with E-state index in [1.165, 1.54) is 56.0 Å². The van der Waals surface area contributed by atoms with Gasteiger partial charge in [0, 0.05) is 6.54 Å². The van der Waals surface area contributed by atoms with Gasteiger partial charge >= 0.3 is 0 Å². The third-order valence-electron chi connectivity index (χ3n) is 5.18. The van der Waals surface area contributed by atoms with Crippen LogP contribution in [0.1, 0.15) is 48.3 Å². The normalized spacial score (nSPS) is 17.8. The Bertz CT molecular complexity index is 796. The molecular weight excluding hydrogens is 299 g/mol. The highest BCUT2D eigenvalue weighted by atomic mass is 19.1. The molecule has 0 unspecified atom stereocenters. The molecule has 0 bridgehead atoms. The first-order valence-electron chi connectivity index (χ1n) is 8.80. The minimum Gasteiger partial charge on any atom is -0.299 e. The third-order valence-corrected chi connectivity index (χ3v) is 5.18. The molecule has 24 heavy (non-hydrogen) atoms. The quantitative estimate of drug-likeness (QED) is 0.806. The zero-order chi connectivity index (χ0) is 16.5. The summed E-state index contributed by atoms with van der Waals surface area (Å²) in [7, 11) is 0. The summed E-state index contributed by atoms with van der Waals surface area (Å²) in [5.41, 5.74) is 4.92. The molecule has 122 valence electrons. The van der Waals surface area contributed by atoms with Crippen LogP contribution >= 0.6 is 0 Å². The lowest BCUT2D eigenvalue weighted by Gasteiger charge is -2.20. The Morgan fingerprint density at radius 3 is 2.58 bits per heavy atom. The highest BCUT2D eigenvalue weighted by molar-refractivity contribution is 5.71. The molecule has 1 heterocycles. The summed E-state index contributed by atoms with van der Waals surface area (Å²) < 4.78 is 14.1. The Labute approximate surface area is 142 Å². The fraction of sp³-hybridized carbons (Fsp3) is 0.381. The fourth-order valence-electron chi connectivity index (χ4n) is 3.81. The highest BCUT2D eigenvalue weighted by Gasteiger charge is 2.29. The van der Waals surface area contributed by atoms with Gasteiger partial charge < -0.3 is 0 Å². The van der Waals surface area contributed by atoms with Gasteiger partial charge in [-0.2, -0.15) is 5.26 Å². The topological polar surface area (TPSA) is 27.0 Å². The molecule has 3 heteroatoms. The lowest BCUT2D eigenvalue weighted by molar-refractivity contribution is 0.330. The Hall–Kier alpha value is -2.18. The van der Waals surface area contributed by atoms with Crippen molar-refractivity contribution in [1.29, 1.82) is 5.26 Å². The van der Waals surface area contributed by atoms with Crippen molar-refractivity contribution in [1.82, 2.24) is 4.90 Å². The summed E-state index contributed by atoms with van der Waals surface area (Å²) in [5.74, 6) is 0.180. The zero-order valence-electron chi connectivity index (χ0n) is 13.8. The molecule has 2 fully saturated rings. The van der Waals surface area contributed by atoms with E-state index in [4.69, 9.17) is 5.26 Å². The molecule has 0 N–H and O–H groups in total. The van der Waals surface area contributed by atoms with E-state index in [2.05, 4.69) is 23.1 Å². The van der Waals surface area contributed by atoms with E-state index in [1.54, 1.807) is 6.07 Å². The van der Waals surface area contributed by atoms with Gasteiger partial charge in [0.2, 0.25) is 0 Å². The molecule has 4 rings (SSSR count). The molecule has 1 saturated carbocycles. The maximum atomic E-state index is 14.1. The second kappa shape index (κ2) is 6.37.